The third kappa shape index (κ3) is 3.97. The first kappa shape index (κ1) is 16.6. The summed E-state index contributed by atoms with van der Waals surface area (Å²) in [7, 11) is 0. The SMILES string of the molecule is CCCCOc1ccc(C(=O)N[C@H]2CCCc3ccccc32)cc1. The topological polar surface area (TPSA) is 38.3 Å². The summed E-state index contributed by atoms with van der Waals surface area (Å²) in [5.41, 5.74) is 3.30. The number of unbranched alkanes of at least 4 members (excludes halogenated alkanes) is 1. The number of ether oxygens (including phenoxy) is 1. The van der Waals surface area contributed by atoms with E-state index in [1.54, 1.807) is 0 Å². The van der Waals surface area contributed by atoms with Crippen molar-refractivity contribution in [3.8, 4) is 5.75 Å². The third-order valence-electron chi connectivity index (χ3n) is 4.56. The van der Waals surface area contributed by atoms with E-state index < -0.39 is 0 Å². The minimum atomic E-state index is -0.0168. The van der Waals surface area contributed by atoms with Crippen LogP contribution in [-0.2, 0) is 6.42 Å². The second-order valence-corrected chi connectivity index (χ2v) is 6.34. The Morgan fingerprint density at radius 2 is 1.96 bits per heavy atom. The van der Waals surface area contributed by atoms with Gasteiger partial charge < -0.3 is 10.1 Å². The normalized spacial score (nSPS) is 16.3. The molecule has 3 heteroatoms. The van der Waals surface area contributed by atoms with Crippen molar-refractivity contribution in [2.45, 2.75) is 45.1 Å². The molecule has 1 atom stereocenters. The molecule has 3 rings (SSSR count). The number of benzene rings is 2. The molecule has 0 fully saturated rings. The Morgan fingerprint density at radius 3 is 2.75 bits per heavy atom. The van der Waals surface area contributed by atoms with Gasteiger partial charge in [-0.15, -0.1) is 0 Å². The Kier molecular flexibility index (Phi) is 5.52. The van der Waals surface area contributed by atoms with Gasteiger partial charge >= 0.3 is 0 Å². The highest BCUT2D eigenvalue weighted by Crippen LogP contribution is 2.29. The molecule has 0 aromatic heterocycles. The Bertz CT molecular complexity index is 678. The van der Waals surface area contributed by atoms with E-state index in [2.05, 4.69) is 30.4 Å². The predicted octanol–water partition coefficient (Wildman–Crippen LogP) is 4.67. The van der Waals surface area contributed by atoms with Crippen molar-refractivity contribution in [2.24, 2.45) is 0 Å². The smallest absolute Gasteiger partial charge is 0.251 e. The van der Waals surface area contributed by atoms with E-state index in [1.165, 1.54) is 11.1 Å². The molecule has 1 N–H and O–H groups in total. The van der Waals surface area contributed by atoms with E-state index in [-0.39, 0.29) is 11.9 Å². The van der Waals surface area contributed by atoms with Crippen molar-refractivity contribution in [3.05, 3.63) is 65.2 Å². The standard InChI is InChI=1S/C21H25NO2/c1-2-3-15-24-18-13-11-17(12-14-18)21(23)22-20-10-6-8-16-7-4-5-9-19(16)20/h4-5,7,9,11-14,20H,2-3,6,8,10,15H2,1H3,(H,22,23)/t20-/m0/s1. The molecule has 0 saturated carbocycles. The molecule has 24 heavy (non-hydrogen) atoms. The maximum absolute atomic E-state index is 12.5. The molecule has 2 aromatic rings. The van der Waals surface area contributed by atoms with Gasteiger partial charge in [0.1, 0.15) is 5.75 Å². The van der Waals surface area contributed by atoms with Gasteiger partial charge in [-0.3, -0.25) is 4.79 Å². The van der Waals surface area contributed by atoms with Crippen molar-refractivity contribution in [1.29, 1.82) is 0 Å². The summed E-state index contributed by atoms with van der Waals surface area (Å²) < 4.78 is 5.65. The molecular weight excluding hydrogens is 298 g/mol. The number of nitrogens with one attached hydrogen (secondary N) is 1. The van der Waals surface area contributed by atoms with Gasteiger partial charge in [-0.05, 0) is 61.1 Å². The average molecular weight is 323 g/mol. The Hall–Kier alpha value is -2.29. The monoisotopic (exact) mass is 323 g/mol. The summed E-state index contributed by atoms with van der Waals surface area (Å²) in [5, 5.41) is 3.18. The zero-order valence-corrected chi connectivity index (χ0v) is 14.3. The van der Waals surface area contributed by atoms with Gasteiger partial charge in [0.2, 0.25) is 0 Å². The van der Waals surface area contributed by atoms with E-state index in [0.29, 0.717) is 5.56 Å². The van der Waals surface area contributed by atoms with E-state index in [4.69, 9.17) is 4.74 Å². The summed E-state index contributed by atoms with van der Waals surface area (Å²) in [6, 6.07) is 15.9. The van der Waals surface area contributed by atoms with Crippen molar-refractivity contribution in [1.82, 2.24) is 5.32 Å². The zero-order valence-electron chi connectivity index (χ0n) is 14.3. The second-order valence-electron chi connectivity index (χ2n) is 6.34. The molecule has 2 aromatic carbocycles. The maximum Gasteiger partial charge on any atom is 0.251 e. The van der Waals surface area contributed by atoms with Crippen LogP contribution in [0.15, 0.2) is 48.5 Å². The summed E-state index contributed by atoms with van der Waals surface area (Å²) in [4.78, 5) is 12.5. The van der Waals surface area contributed by atoms with E-state index in [1.807, 2.05) is 30.3 Å². The summed E-state index contributed by atoms with van der Waals surface area (Å²) >= 11 is 0. The van der Waals surface area contributed by atoms with Crippen LogP contribution in [0.4, 0.5) is 0 Å². The molecule has 0 radical (unpaired) electrons. The van der Waals surface area contributed by atoms with Crippen LogP contribution in [0.25, 0.3) is 0 Å². The van der Waals surface area contributed by atoms with Gasteiger partial charge in [-0.1, -0.05) is 37.6 Å². The fraction of sp³-hybridized carbons (Fsp3) is 0.381. The highest BCUT2D eigenvalue weighted by atomic mass is 16.5. The fourth-order valence-corrected chi connectivity index (χ4v) is 3.18. The number of hydrogen-bond donors (Lipinski definition) is 1. The molecule has 1 amide bonds. The number of carbonyl (C=O) groups is 1. The van der Waals surface area contributed by atoms with Crippen molar-refractivity contribution < 1.29 is 9.53 Å². The van der Waals surface area contributed by atoms with Crippen LogP contribution in [0.3, 0.4) is 0 Å². The van der Waals surface area contributed by atoms with E-state index >= 15 is 0 Å². The van der Waals surface area contributed by atoms with E-state index in [0.717, 1.165) is 44.5 Å². The summed E-state index contributed by atoms with van der Waals surface area (Å²) in [6.07, 6.45) is 5.38. The highest BCUT2D eigenvalue weighted by Gasteiger charge is 2.21. The molecule has 126 valence electrons. The lowest BCUT2D eigenvalue weighted by Crippen LogP contribution is -2.30. The fourth-order valence-electron chi connectivity index (χ4n) is 3.18. The predicted molar refractivity (Wildman–Crippen MR) is 96.4 cm³/mol. The van der Waals surface area contributed by atoms with E-state index in [9.17, 15) is 4.79 Å². The van der Waals surface area contributed by atoms with Gasteiger partial charge in [0.05, 0.1) is 12.6 Å². The molecule has 0 saturated heterocycles. The van der Waals surface area contributed by atoms with Gasteiger partial charge in [-0.25, -0.2) is 0 Å². The Balaban J connectivity index is 1.63. The molecule has 3 nitrogen and oxygen atoms in total. The van der Waals surface area contributed by atoms with Crippen LogP contribution in [0, 0.1) is 0 Å². The van der Waals surface area contributed by atoms with Crippen LogP contribution in [0.2, 0.25) is 0 Å². The Morgan fingerprint density at radius 1 is 1.17 bits per heavy atom. The largest absolute Gasteiger partial charge is 0.494 e. The molecule has 0 unspecified atom stereocenters. The summed E-state index contributed by atoms with van der Waals surface area (Å²) in [6.45, 7) is 2.86. The van der Waals surface area contributed by atoms with Crippen LogP contribution >= 0.6 is 0 Å². The number of amides is 1. The van der Waals surface area contributed by atoms with Gasteiger partial charge in [0.25, 0.3) is 5.91 Å². The zero-order chi connectivity index (χ0) is 16.8. The Labute approximate surface area is 144 Å². The van der Waals surface area contributed by atoms with Crippen molar-refractivity contribution >= 4 is 5.91 Å². The summed E-state index contributed by atoms with van der Waals surface area (Å²) in [5.74, 6) is 0.805. The van der Waals surface area contributed by atoms with Gasteiger partial charge in [0.15, 0.2) is 0 Å². The lowest BCUT2D eigenvalue weighted by molar-refractivity contribution is 0.0932. The van der Waals surface area contributed by atoms with Gasteiger partial charge in [-0.2, -0.15) is 0 Å². The van der Waals surface area contributed by atoms with Crippen LogP contribution in [0.5, 0.6) is 5.75 Å². The first-order valence-corrected chi connectivity index (χ1v) is 8.89. The van der Waals surface area contributed by atoms with Crippen LogP contribution < -0.4 is 10.1 Å². The number of rotatable bonds is 6. The quantitative estimate of drug-likeness (QED) is 0.784. The lowest BCUT2D eigenvalue weighted by Gasteiger charge is -2.26. The lowest BCUT2D eigenvalue weighted by atomic mass is 9.87. The first-order chi connectivity index (χ1) is 11.8. The molecule has 1 aliphatic carbocycles. The molecule has 0 spiro atoms. The minimum absolute atomic E-state index is 0.0168. The first-order valence-electron chi connectivity index (χ1n) is 8.89. The minimum Gasteiger partial charge on any atom is -0.494 e. The second kappa shape index (κ2) is 8.00. The molecule has 0 heterocycles. The highest BCUT2D eigenvalue weighted by molar-refractivity contribution is 5.94. The van der Waals surface area contributed by atoms with Crippen molar-refractivity contribution in [2.75, 3.05) is 6.61 Å². The van der Waals surface area contributed by atoms with Crippen LogP contribution in [0.1, 0.15) is 60.1 Å². The number of fused-ring (bicyclic) bond motifs is 1. The molecular formula is C21H25NO2. The van der Waals surface area contributed by atoms with Crippen LogP contribution in [-0.4, -0.2) is 12.5 Å². The maximum atomic E-state index is 12.5. The average Bonchev–Trinajstić information content (AvgIpc) is 2.63. The number of hydrogen-bond acceptors (Lipinski definition) is 2. The molecule has 0 bridgehead atoms. The van der Waals surface area contributed by atoms with Gasteiger partial charge in [0, 0.05) is 5.56 Å². The van der Waals surface area contributed by atoms with Crippen molar-refractivity contribution in [3.63, 3.8) is 0 Å². The third-order valence-corrected chi connectivity index (χ3v) is 4.56. The molecule has 1 aliphatic rings. The number of aryl methyl sites for hydroxylation is 1. The molecule has 0 aliphatic heterocycles. The number of carbonyl (C=O) groups excluding carboxylic acids is 1.